The number of nitrogens with one attached hydrogen (secondary N) is 1. The molecule has 0 spiro atoms. The van der Waals surface area contributed by atoms with Crippen LogP contribution in [0.25, 0.3) is 0 Å². The molecule has 1 aromatic heterocycles. The molecule has 105 heavy (non-hydrogen) atoms. The quantitative estimate of drug-likeness (QED) is 0.0129. The highest BCUT2D eigenvalue weighted by Gasteiger charge is 2.78. The third-order valence-corrected chi connectivity index (χ3v) is 21.3. The van der Waals surface area contributed by atoms with E-state index < -0.39 is 137 Å². The molecule has 3 aromatic carbocycles. The number of ether oxygens (including phenoxy) is 15. The van der Waals surface area contributed by atoms with Crippen molar-refractivity contribution in [2.24, 2.45) is 22.7 Å². The zero-order valence-electron chi connectivity index (χ0n) is 60.3. The van der Waals surface area contributed by atoms with Crippen molar-refractivity contribution in [3.8, 4) is 0 Å². The Bertz CT molecular complexity index is 3470. The summed E-state index contributed by atoms with van der Waals surface area (Å²) in [5.41, 5.74) is -6.48. The number of rotatable bonds is 45. The molecule has 0 radical (unpaired) electrons. The van der Waals surface area contributed by atoms with E-state index in [0.717, 1.165) is 17.7 Å². The lowest BCUT2D eigenvalue weighted by atomic mass is 9.43. The molecule has 29 heteroatoms. The van der Waals surface area contributed by atoms with Crippen LogP contribution in [0.1, 0.15) is 106 Å². The van der Waals surface area contributed by atoms with Crippen LogP contribution in [0.15, 0.2) is 132 Å². The largest absolute Gasteiger partial charge is 0.462 e. The maximum Gasteiger partial charge on any atom is 0.338 e. The van der Waals surface area contributed by atoms with E-state index in [-0.39, 0.29) is 69.2 Å². The van der Waals surface area contributed by atoms with Crippen molar-refractivity contribution in [3.63, 3.8) is 0 Å². The van der Waals surface area contributed by atoms with E-state index in [1.54, 1.807) is 134 Å². The summed E-state index contributed by atoms with van der Waals surface area (Å²) in [5, 5.41) is 29.8. The summed E-state index contributed by atoms with van der Waals surface area (Å²) in [6.45, 7) is 14.6. The van der Waals surface area contributed by atoms with Crippen molar-refractivity contribution in [2.45, 2.75) is 126 Å². The third-order valence-electron chi connectivity index (χ3n) is 19.1. The lowest BCUT2D eigenvalue weighted by Gasteiger charge is -2.67. The molecule has 2 saturated carbocycles. The van der Waals surface area contributed by atoms with Gasteiger partial charge in [0.1, 0.15) is 54.0 Å². The van der Waals surface area contributed by atoms with E-state index in [2.05, 4.69) is 10.3 Å². The second-order valence-corrected chi connectivity index (χ2v) is 28.6. The maximum absolute atomic E-state index is 16.1. The minimum absolute atomic E-state index is 0.0427. The van der Waals surface area contributed by atoms with E-state index in [4.69, 9.17) is 71.1 Å². The first-order valence-corrected chi connectivity index (χ1v) is 37.6. The van der Waals surface area contributed by atoms with Crippen molar-refractivity contribution >= 4 is 69.1 Å². The van der Waals surface area contributed by atoms with Crippen molar-refractivity contribution in [1.29, 1.82) is 0 Å². The molecule has 1 amide bonds. The Morgan fingerprint density at radius 1 is 0.619 bits per heavy atom. The number of ketones is 1. The fourth-order valence-corrected chi connectivity index (χ4v) is 15.6. The van der Waals surface area contributed by atoms with Crippen LogP contribution in [-0.4, -0.2) is 236 Å². The first-order valence-electron chi connectivity index (χ1n) is 35.3. The van der Waals surface area contributed by atoms with E-state index in [0.29, 0.717) is 97.0 Å². The third kappa shape index (κ3) is 22.9. The van der Waals surface area contributed by atoms with Gasteiger partial charge in [-0.1, -0.05) is 104 Å². The van der Waals surface area contributed by atoms with Gasteiger partial charge < -0.3 is 86.6 Å². The number of hydrogen-bond acceptors (Lipinski definition) is 28. The lowest BCUT2D eigenvalue weighted by Crippen LogP contribution is -2.81. The first-order chi connectivity index (χ1) is 50.6. The predicted molar refractivity (Wildman–Crippen MR) is 380 cm³/mol. The number of aromatic nitrogens is 1. The van der Waals surface area contributed by atoms with Crippen molar-refractivity contribution in [1.82, 2.24) is 10.3 Å². The molecule has 3 N–H and O–H groups in total. The number of aliphatic hydroxyl groups is 2. The van der Waals surface area contributed by atoms with Crippen molar-refractivity contribution in [2.75, 3.05) is 131 Å². The number of aliphatic hydroxyl groups excluding tert-OH is 1. The van der Waals surface area contributed by atoms with E-state index >= 15 is 4.79 Å². The molecule has 1 aliphatic heterocycles. The highest BCUT2D eigenvalue weighted by Crippen LogP contribution is 2.65. The normalized spacial score (nSPS) is 23.5. The first kappa shape index (κ1) is 83.4. The number of esters is 6. The van der Waals surface area contributed by atoms with Crippen LogP contribution in [0, 0.1) is 22.7 Å². The fourth-order valence-electron chi connectivity index (χ4n) is 13.9. The van der Waals surface area contributed by atoms with Gasteiger partial charge in [-0.15, -0.1) is 0 Å². The number of carbonyl (C=O) groups excluding carboxylic acids is 8. The Labute approximate surface area is 619 Å². The van der Waals surface area contributed by atoms with Gasteiger partial charge in [0.15, 0.2) is 11.7 Å². The zero-order valence-corrected chi connectivity index (χ0v) is 61.9. The van der Waals surface area contributed by atoms with Gasteiger partial charge in [0, 0.05) is 48.6 Å². The number of pyridine rings is 1. The number of hydrogen-bond donors (Lipinski definition) is 3. The predicted octanol–water partition coefficient (Wildman–Crippen LogP) is 7.22. The molecule has 3 aliphatic carbocycles. The summed E-state index contributed by atoms with van der Waals surface area (Å²) in [4.78, 5) is 116. The van der Waals surface area contributed by atoms with Gasteiger partial charge in [-0.3, -0.25) is 28.8 Å². The van der Waals surface area contributed by atoms with Gasteiger partial charge in [0.05, 0.1) is 155 Å². The van der Waals surface area contributed by atoms with E-state index in [9.17, 15) is 43.8 Å². The Morgan fingerprint density at radius 3 is 1.65 bits per heavy atom. The van der Waals surface area contributed by atoms with Crippen LogP contribution >= 0.6 is 21.6 Å². The summed E-state index contributed by atoms with van der Waals surface area (Å²) in [6, 6.07) is 28.8. The molecule has 27 nitrogen and oxygen atoms in total. The maximum atomic E-state index is 16.1. The van der Waals surface area contributed by atoms with Crippen molar-refractivity contribution < 1.29 is 120 Å². The number of amides is 1. The van der Waals surface area contributed by atoms with Crippen LogP contribution in [0.5, 0.6) is 0 Å². The summed E-state index contributed by atoms with van der Waals surface area (Å²) >= 11 is 0. The van der Waals surface area contributed by atoms with Gasteiger partial charge in [0.25, 0.3) is 5.91 Å². The fraction of sp³-hybridized carbons (Fsp3) is 0.566. The van der Waals surface area contributed by atoms with Crippen LogP contribution < -0.4 is 5.32 Å². The second-order valence-electron chi connectivity index (χ2n) is 26.2. The topological polar surface area (TPSA) is 340 Å². The van der Waals surface area contributed by atoms with E-state index in [1.807, 2.05) is 18.2 Å². The highest BCUT2D eigenvalue weighted by molar-refractivity contribution is 8.76. The monoisotopic (exact) mass is 1500 g/mol. The average molecular weight is 1500 g/mol. The summed E-state index contributed by atoms with van der Waals surface area (Å²) in [5.74, 6) is -8.44. The molecule has 2 heterocycles. The van der Waals surface area contributed by atoms with Gasteiger partial charge in [0.2, 0.25) is 0 Å². The minimum atomic E-state index is -2.37. The molecule has 574 valence electrons. The summed E-state index contributed by atoms with van der Waals surface area (Å²) in [6.07, 6.45) is -7.99. The Balaban J connectivity index is 0.761. The molecule has 1 saturated heterocycles. The van der Waals surface area contributed by atoms with Gasteiger partial charge in [-0.2, -0.15) is 0 Å². The molecule has 2 bridgehead atoms. The number of carbonyl (C=O) groups is 8. The van der Waals surface area contributed by atoms with Gasteiger partial charge in [-0.05, 0) is 77.7 Å². The molecule has 4 aliphatic rings. The minimum Gasteiger partial charge on any atom is -0.462 e. The van der Waals surface area contributed by atoms with Crippen LogP contribution in [0.2, 0.25) is 0 Å². The average Bonchev–Trinajstić information content (AvgIpc) is 0.669. The number of Topliss-reactive ketones (excluding diaryl/α,β-unsaturated/α-hetero) is 1. The number of nitrogens with zero attached hydrogens (tertiary/aromatic N) is 1. The number of benzene rings is 3. The van der Waals surface area contributed by atoms with Crippen LogP contribution in [0.4, 0.5) is 0 Å². The van der Waals surface area contributed by atoms with Gasteiger partial charge in [-0.25, -0.2) is 14.6 Å². The number of fused-ring (bicyclic) bond motifs is 5. The molecule has 3 fully saturated rings. The summed E-state index contributed by atoms with van der Waals surface area (Å²) < 4.78 is 86.2. The van der Waals surface area contributed by atoms with Crippen LogP contribution in [0.3, 0.4) is 0 Å². The van der Waals surface area contributed by atoms with Gasteiger partial charge >= 0.3 is 35.8 Å². The Kier molecular flexibility index (Phi) is 33.2. The smallest absolute Gasteiger partial charge is 0.338 e. The summed E-state index contributed by atoms with van der Waals surface area (Å²) in [7, 11) is 3.33. The standard InChI is InChI=1S/C76H98N2O25S2/c1-51-57(100-72(87)66(83)65(54-18-10-7-11-19-54)78-70(85)55-20-12-8-13-21-55)49-76(88)69(102-71(86)56-22-14-9-15-23-56)67-74(6,68(84)52(2)64(51)73(76,4)5)58(48-59-75(67,50-99-59)103-53(3)79)101-63(82)26-25-61(80)97-44-45-98-62(81)27-29-89-30-31-90-32-33-91-34-35-92-36-37-93-38-39-94-40-41-95-42-43-96-46-47-104-105-60-24-16-17-28-77-60/h7-24,28,52,57-59,65-67,69,83,88H,25-27,29-50H2,1-6H3,(H,78,85)/t52-,57?,58+,59?,65+,66-,67+,69+,74-,75+,76-/m1/s1. The molecule has 11 atom stereocenters. The van der Waals surface area contributed by atoms with Crippen molar-refractivity contribution in [3.05, 3.63) is 143 Å². The van der Waals surface area contributed by atoms with E-state index in [1.165, 1.54) is 19.1 Å². The second kappa shape index (κ2) is 41.8. The molecular weight excluding hydrogens is 1400 g/mol. The molecule has 4 aromatic rings. The lowest BCUT2D eigenvalue weighted by molar-refractivity contribution is -0.346. The Morgan fingerprint density at radius 2 is 1.12 bits per heavy atom. The SMILES string of the molecule is CC(=O)O[C@@]12COC1C[C@H](OC(=O)CCC(=O)OCCOC(=O)CCOCCOCCOCCOCCOCCOCCOCCOCCSSc1ccccn1)[C@@]1(C)C(=O)[C@H](C)C3=C(C)C(OC(=O)[C@H](O)[C@@H](NC(=O)c4ccccc4)c4ccccc4)C[C@@](O)([C@@H](OC(=O)c4ccccc4)[C@@H]12)C3(C)C. The van der Waals surface area contributed by atoms with Crippen LogP contribution in [-0.2, 0) is 99.8 Å². The molecule has 2 unspecified atom stereocenters. The molecule has 8 rings (SSSR count). The highest BCUT2D eigenvalue weighted by atomic mass is 33.1. The Hall–Kier alpha value is -7.23. The zero-order chi connectivity index (χ0) is 75.2. The molecular formula is C76H98N2O25S2.